The van der Waals surface area contributed by atoms with Crippen LogP contribution in [-0.2, 0) is 18.4 Å². The van der Waals surface area contributed by atoms with Gasteiger partial charge in [0, 0.05) is 31.9 Å². The Morgan fingerprint density at radius 1 is 1.09 bits per heavy atom. The summed E-state index contributed by atoms with van der Waals surface area (Å²) in [4.78, 5) is 27.8. The van der Waals surface area contributed by atoms with E-state index in [1.165, 1.54) is 0 Å². The van der Waals surface area contributed by atoms with Crippen LogP contribution in [0, 0.1) is 0 Å². The second-order valence-electron chi connectivity index (χ2n) is 7.89. The number of aromatic nitrogens is 1. The standard InChI is InChI=1S/C25H29N3O5/c1-5-33-20-11-8-16(13-21(20)32-4)15-26-25(30)24-23(28-12-6-7-22(28)29)18-14-17(31-3)9-10-19(18)27(24)2/h8-11,13-14H,5-7,12,15H2,1-4H3,(H,26,30). The van der Waals surface area contributed by atoms with Crippen molar-refractivity contribution in [3.05, 3.63) is 47.7 Å². The summed E-state index contributed by atoms with van der Waals surface area (Å²) in [5, 5.41) is 3.82. The van der Waals surface area contributed by atoms with Gasteiger partial charge in [-0.15, -0.1) is 0 Å². The number of carbonyl (C=O) groups excluding carboxylic acids is 2. The minimum absolute atomic E-state index is 0.0237. The van der Waals surface area contributed by atoms with Gasteiger partial charge in [-0.25, -0.2) is 0 Å². The summed E-state index contributed by atoms with van der Waals surface area (Å²) in [5.41, 5.74) is 2.82. The Hall–Kier alpha value is -3.68. The summed E-state index contributed by atoms with van der Waals surface area (Å²) in [7, 11) is 5.03. The maximum Gasteiger partial charge on any atom is 0.270 e. The molecule has 33 heavy (non-hydrogen) atoms. The number of carbonyl (C=O) groups is 2. The maximum atomic E-state index is 13.4. The van der Waals surface area contributed by atoms with E-state index in [1.807, 2.05) is 54.9 Å². The summed E-state index contributed by atoms with van der Waals surface area (Å²) < 4.78 is 18.2. The first-order valence-corrected chi connectivity index (χ1v) is 11.0. The van der Waals surface area contributed by atoms with E-state index >= 15 is 0 Å². The number of aryl methyl sites for hydroxylation is 1. The number of nitrogens with zero attached hydrogens (tertiary/aromatic N) is 2. The molecule has 2 heterocycles. The lowest BCUT2D eigenvalue weighted by Gasteiger charge is -2.18. The van der Waals surface area contributed by atoms with Crippen molar-refractivity contribution in [2.45, 2.75) is 26.3 Å². The molecule has 2 aromatic carbocycles. The van der Waals surface area contributed by atoms with Gasteiger partial charge < -0.3 is 29.0 Å². The van der Waals surface area contributed by atoms with Gasteiger partial charge in [-0.3, -0.25) is 9.59 Å². The zero-order valence-electron chi connectivity index (χ0n) is 19.4. The zero-order chi connectivity index (χ0) is 23.5. The molecule has 1 N–H and O–H groups in total. The Bertz CT molecular complexity index is 1200. The number of amides is 2. The molecule has 1 aliphatic heterocycles. The van der Waals surface area contributed by atoms with Gasteiger partial charge in [0.25, 0.3) is 5.91 Å². The Morgan fingerprint density at radius 3 is 2.58 bits per heavy atom. The lowest BCUT2D eigenvalue weighted by molar-refractivity contribution is -0.117. The highest BCUT2D eigenvalue weighted by Gasteiger charge is 2.31. The molecule has 2 amide bonds. The minimum atomic E-state index is -0.254. The van der Waals surface area contributed by atoms with E-state index in [4.69, 9.17) is 14.2 Å². The van der Waals surface area contributed by atoms with Crippen molar-refractivity contribution in [2.24, 2.45) is 7.05 Å². The average Bonchev–Trinajstić information content (AvgIpc) is 3.37. The van der Waals surface area contributed by atoms with E-state index in [0.29, 0.717) is 54.7 Å². The fourth-order valence-corrected chi connectivity index (χ4v) is 4.31. The summed E-state index contributed by atoms with van der Waals surface area (Å²) in [6.45, 7) is 3.34. The average molecular weight is 452 g/mol. The van der Waals surface area contributed by atoms with Gasteiger partial charge in [0.15, 0.2) is 11.5 Å². The predicted octanol–water partition coefficient (Wildman–Crippen LogP) is 3.65. The number of nitrogens with one attached hydrogen (secondary N) is 1. The number of anilines is 1. The third-order valence-corrected chi connectivity index (χ3v) is 5.92. The summed E-state index contributed by atoms with van der Waals surface area (Å²) in [5.74, 6) is 1.72. The van der Waals surface area contributed by atoms with Gasteiger partial charge in [0.1, 0.15) is 11.4 Å². The number of benzene rings is 2. The van der Waals surface area contributed by atoms with Crippen LogP contribution < -0.4 is 24.4 Å². The van der Waals surface area contributed by atoms with Crippen molar-refractivity contribution >= 4 is 28.4 Å². The van der Waals surface area contributed by atoms with Crippen LogP contribution in [0.4, 0.5) is 5.69 Å². The Balaban J connectivity index is 1.68. The Kier molecular flexibility index (Phi) is 6.44. The number of methoxy groups -OCH3 is 2. The molecule has 0 saturated carbocycles. The van der Waals surface area contributed by atoms with E-state index in [2.05, 4.69) is 5.32 Å². The van der Waals surface area contributed by atoms with Crippen LogP contribution in [0.2, 0.25) is 0 Å². The largest absolute Gasteiger partial charge is 0.497 e. The number of ether oxygens (including phenoxy) is 3. The summed E-state index contributed by atoms with van der Waals surface area (Å²) in [6, 6.07) is 11.2. The number of hydrogen-bond donors (Lipinski definition) is 1. The van der Waals surface area contributed by atoms with Crippen LogP contribution in [0.25, 0.3) is 10.9 Å². The molecular formula is C25H29N3O5. The molecule has 0 radical (unpaired) electrons. The molecule has 1 aliphatic rings. The molecule has 8 nitrogen and oxygen atoms in total. The monoisotopic (exact) mass is 451 g/mol. The maximum absolute atomic E-state index is 13.4. The van der Waals surface area contributed by atoms with Gasteiger partial charge in [-0.1, -0.05) is 6.07 Å². The van der Waals surface area contributed by atoms with Crippen molar-refractivity contribution in [3.8, 4) is 17.2 Å². The third-order valence-electron chi connectivity index (χ3n) is 5.92. The van der Waals surface area contributed by atoms with Crippen molar-refractivity contribution < 1.29 is 23.8 Å². The van der Waals surface area contributed by atoms with Crippen LogP contribution in [0.3, 0.4) is 0 Å². The minimum Gasteiger partial charge on any atom is -0.497 e. The number of fused-ring (bicyclic) bond motifs is 1. The van der Waals surface area contributed by atoms with Crippen LogP contribution in [0.15, 0.2) is 36.4 Å². The fraction of sp³-hybridized carbons (Fsp3) is 0.360. The topological polar surface area (TPSA) is 82.0 Å². The van der Waals surface area contributed by atoms with Gasteiger partial charge in [-0.05, 0) is 49.2 Å². The van der Waals surface area contributed by atoms with Gasteiger partial charge in [0.05, 0.1) is 32.0 Å². The van der Waals surface area contributed by atoms with Gasteiger partial charge >= 0.3 is 0 Å². The molecular weight excluding hydrogens is 422 g/mol. The van der Waals surface area contributed by atoms with Crippen molar-refractivity contribution in [1.29, 1.82) is 0 Å². The van der Waals surface area contributed by atoms with Crippen molar-refractivity contribution in [2.75, 3.05) is 32.3 Å². The molecule has 0 atom stereocenters. The van der Waals surface area contributed by atoms with Crippen LogP contribution in [-0.4, -0.2) is 43.8 Å². The lowest BCUT2D eigenvalue weighted by Crippen LogP contribution is -2.30. The molecule has 0 aliphatic carbocycles. The van der Waals surface area contributed by atoms with E-state index in [9.17, 15) is 9.59 Å². The number of rotatable bonds is 8. The molecule has 0 unspecified atom stereocenters. The molecule has 0 bridgehead atoms. The molecule has 0 spiro atoms. The van der Waals surface area contributed by atoms with E-state index in [-0.39, 0.29) is 11.8 Å². The first-order valence-electron chi connectivity index (χ1n) is 11.0. The molecule has 1 saturated heterocycles. The normalized spacial score (nSPS) is 13.5. The Morgan fingerprint density at radius 2 is 1.91 bits per heavy atom. The number of hydrogen-bond acceptors (Lipinski definition) is 5. The smallest absolute Gasteiger partial charge is 0.270 e. The third kappa shape index (κ3) is 4.20. The van der Waals surface area contributed by atoms with Crippen molar-refractivity contribution in [1.82, 2.24) is 9.88 Å². The van der Waals surface area contributed by atoms with Crippen LogP contribution >= 0.6 is 0 Å². The van der Waals surface area contributed by atoms with Gasteiger partial charge in [0.2, 0.25) is 5.91 Å². The fourth-order valence-electron chi connectivity index (χ4n) is 4.31. The highest BCUT2D eigenvalue weighted by atomic mass is 16.5. The van der Waals surface area contributed by atoms with Crippen LogP contribution in [0.1, 0.15) is 35.8 Å². The molecule has 1 fully saturated rings. The second kappa shape index (κ2) is 9.44. The Labute approximate surface area is 193 Å². The molecule has 4 rings (SSSR count). The lowest BCUT2D eigenvalue weighted by atomic mass is 10.1. The molecule has 3 aromatic rings. The van der Waals surface area contributed by atoms with E-state index in [1.54, 1.807) is 19.1 Å². The molecule has 1 aromatic heterocycles. The SMILES string of the molecule is CCOc1ccc(CNC(=O)c2c(N3CCCC3=O)c3cc(OC)ccc3n2C)cc1OC. The molecule has 174 valence electrons. The summed E-state index contributed by atoms with van der Waals surface area (Å²) >= 11 is 0. The second-order valence-corrected chi connectivity index (χ2v) is 7.89. The molecule has 8 heteroatoms. The summed E-state index contributed by atoms with van der Waals surface area (Å²) in [6.07, 6.45) is 1.25. The van der Waals surface area contributed by atoms with E-state index < -0.39 is 0 Å². The van der Waals surface area contributed by atoms with Crippen LogP contribution in [0.5, 0.6) is 17.2 Å². The first-order chi connectivity index (χ1) is 16.0. The quantitative estimate of drug-likeness (QED) is 0.565. The van der Waals surface area contributed by atoms with Crippen molar-refractivity contribution in [3.63, 3.8) is 0 Å². The zero-order valence-corrected chi connectivity index (χ0v) is 19.4. The predicted molar refractivity (Wildman–Crippen MR) is 126 cm³/mol. The van der Waals surface area contributed by atoms with Gasteiger partial charge in [-0.2, -0.15) is 0 Å². The highest BCUT2D eigenvalue weighted by Crippen LogP contribution is 2.38. The highest BCUT2D eigenvalue weighted by molar-refractivity contribution is 6.14. The van der Waals surface area contributed by atoms with E-state index in [0.717, 1.165) is 22.9 Å². The first kappa shape index (κ1) is 22.5.